The number of anilines is 1. The minimum absolute atomic E-state index is 0.280. The van der Waals surface area contributed by atoms with Crippen molar-refractivity contribution in [1.82, 2.24) is 4.98 Å². The molecule has 0 aliphatic heterocycles. The molecule has 0 fully saturated rings. The summed E-state index contributed by atoms with van der Waals surface area (Å²) in [6, 6.07) is 11.5. The largest absolute Gasteiger partial charge is 0.495 e. The number of rotatable bonds is 3. The molecule has 1 amide bonds. The zero-order chi connectivity index (χ0) is 17.3. The van der Waals surface area contributed by atoms with Crippen LogP contribution in [-0.4, -0.2) is 18.0 Å². The maximum Gasteiger partial charge on any atom is 0.256 e. The van der Waals surface area contributed by atoms with Crippen molar-refractivity contribution in [3.05, 3.63) is 67.9 Å². The van der Waals surface area contributed by atoms with E-state index < -0.39 is 5.91 Å². The zero-order valence-corrected chi connectivity index (χ0v) is 14.9. The quantitative estimate of drug-likeness (QED) is 0.683. The van der Waals surface area contributed by atoms with Crippen LogP contribution in [0.2, 0.25) is 5.02 Å². The molecule has 24 heavy (non-hydrogen) atoms. The van der Waals surface area contributed by atoms with E-state index in [0.29, 0.717) is 27.4 Å². The third kappa shape index (κ3) is 3.29. The Morgan fingerprint density at radius 2 is 2.00 bits per heavy atom. The monoisotopic (exact) mass is 406 g/mol. The van der Waals surface area contributed by atoms with Crippen LogP contribution < -0.4 is 15.6 Å². The van der Waals surface area contributed by atoms with Gasteiger partial charge in [-0.25, -0.2) is 0 Å². The molecule has 1 heterocycles. The predicted molar refractivity (Wildman–Crippen MR) is 98.2 cm³/mol. The highest BCUT2D eigenvalue weighted by atomic mass is 79.9. The number of nitrogens with one attached hydrogen (secondary N) is 2. The highest BCUT2D eigenvalue weighted by Crippen LogP contribution is 2.28. The number of fused-ring (bicyclic) bond motifs is 1. The van der Waals surface area contributed by atoms with Crippen LogP contribution in [0.15, 0.2) is 51.7 Å². The summed E-state index contributed by atoms with van der Waals surface area (Å²) in [4.78, 5) is 27.1. The second-order valence-electron chi connectivity index (χ2n) is 5.04. The lowest BCUT2D eigenvalue weighted by atomic mass is 10.1. The first-order chi connectivity index (χ1) is 11.5. The van der Waals surface area contributed by atoms with E-state index >= 15 is 0 Å². The number of pyridine rings is 1. The van der Waals surface area contributed by atoms with Gasteiger partial charge in [0.15, 0.2) is 0 Å². The lowest BCUT2D eigenvalue weighted by Gasteiger charge is -2.10. The summed E-state index contributed by atoms with van der Waals surface area (Å²) >= 11 is 9.43. The van der Waals surface area contributed by atoms with E-state index in [1.54, 1.807) is 36.4 Å². The third-order valence-corrected chi connectivity index (χ3v) is 4.25. The fraction of sp³-hybridized carbons (Fsp3) is 0.0588. The Kier molecular flexibility index (Phi) is 4.59. The van der Waals surface area contributed by atoms with E-state index in [1.165, 1.54) is 13.2 Å². The Morgan fingerprint density at radius 1 is 1.21 bits per heavy atom. The van der Waals surface area contributed by atoms with Crippen LogP contribution in [0.5, 0.6) is 5.75 Å². The van der Waals surface area contributed by atoms with Crippen molar-refractivity contribution in [1.29, 1.82) is 0 Å². The number of carbonyl (C=O) groups excluding carboxylic acids is 1. The number of methoxy groups -OCH3 is 1. The summed E-state index contributed by atoms with van der Waals surface area (Å²) in [5.74, 6) is 0.116. The predicted octanol–water partition coefficient (Wildman–Crippen LogP) is 4.20. The summed E-state index contributed by atoms with van der Waals surface area (Å²) in [6.45, 7) is 0. The second kappa shape index (κ2) is 6.67. The number of carbonyl (C=O) groups is 1. The summed E-state index contributed by atoms with van der Waals surface area (Å²) < 4.78 is 5.89. The summed E-state index contributed by atoms with van der Waals surface area (Å²) in [6.07, 6.45) is 0. The first kappa shape index (κ1) is 16.5. The number of halogens is 2. The van der Waals surface area contributed by atoms with Crippen molar-refractivity contribution in [3.8, 4) is 5.75 Å². The molecular weight excluding hydrogens is 396 g/mol. The van der Waals surface area contributed by atoms with Gasteiger partial charge in [0.25, 0.3) is 5.91 Å². The van der Waals surface area contributed by atoms with Gasteiger partial charge >= 0.3 is 0 Å². The van der Waals surface area contributed by atoms with Crippen LogP contribution in [0.25, 0.3) is 10.9 Å². The number of benzene rings is 2. The van der Waals surface area contributed by atoms with Gasteiger partial charge in [-0.1, -0.05) is 27.5 Å². The molecule has 2 N–H and O–H groups in total. The molecule has 0 atom stereocenters. The van der Waals surface area contributed by atoms with Gasteiger partial charge in [-0.15, -0.1) is 0 Å². The lowest BCUT2D eigenvalue weighted by molar-refractivity contribution is 0.102. The molecule has 0 aliphatic carbocycles. The van der Waals surface area contributed by atoms with Gasteiger partial charge < -0.3 is 15.0 Å². The van der Waals surface area contributed by atoms with E-state index in [4.69, 9.17) is 16.3 Å². The first-order valence-corrected chi connectivity index (χ1v) is 8.12. The van der Waals surface area contributed by atoms with Crippen molar-refractivity contribution < 1.29 is 9.53 Å². The third-order valence-electron chi connectivity index (χ3n) is 3.46. The Labute approximate surface area is 150 Å². The van der Waals surface area contributed by atoms with Gasteiger partial charge in [-0.3, -0.25) is 9.59 Å². The van der Waals surface area contributed by atoms with Gasteiger partial charge in [0.2, 0.25) is 5.56 Å². The molecule has 3 rings (SSSR count). The standard InChI is InChI=1S/C17H12BrClN2O3/c1-24-15-5-3-10(7-13(15)19)20-17(23)12-8-16(22)21-14-4-2-9(18)6-11(12)14/h2-8H,1H3,(H,20,23)(H,21,22). The van der Waals surface area contributed by atoms with Crippen molar-refractivity contribution in [2.24, 2.45) is 0 Å². The van der Waals surface area contributed by atoms with E-state index in [0.717, 1.165) is 4.47 Å². The van der Waals surface area contributed by atoms with Gasteiger partial charge in [0, 0.05) is 27.1 Å². The number of H-pyrrole nitrogens is 1. The molecular formula is C17H12BrClN2O3. The van der Waals surface area contributed by atoms with Gasteiger partial charge in [-0.05, 0) is 36.4 Å². The Hall–Kier alpha value is -2.31. The Balaban J connectivity index is 2.01. The molecule has 0 saturated heterocycles. The molecule has 7 heteroatoms. The summed E-state index contributed by atoms with van der Waals surface area (Å²) in [7, 11) is 1.51. The number of aromatic amines is 1. The molecule has 0 bridgehead atoms. The average Bonchev–Trinajstić information content (AvgIpc) is 2.54. The summed E-state index contributed by atoms with van der Waals surface area (Å²) in [5, 5.41) is 3.77. The topological polar surface area (TPSA) is 71.2 Å². The van der Waals surface area contributed by atoms with Gasteiger partial charge in [0.1, 0.15) is 5.75 Å². The normalized spacial score (nSPS) is 10.6. The highest BCUT2D eigenvalue weighted by Gasteiger charge is 2.13. The van der Waals surface area contributed by atoms with Crippen LogP contribution in [0.3, 0.4) is 0 Å². The molecule has 5 nitrogen and oxygen atoms in total. The van der Waals surface area contributed by atoms with Crippen molar-refractivity contribution in [2.45, 2.75) is 0 Å². The minimum Gasteiger partial charge on any atom is -0.495 e. The van der Waals surface area contributed by atoms with Crippen molar-refractivity contribution in [3.63, 3.8) is 0 Å². The van der Waals surface area contributed by atoms with Crippen LogP contribution in [0.4, 0.5) is 5.69 Å². The maximum atomic E-state index is 12.6. The smallest absolute Gasteiger partial charge is 0.256 e. The van der Waals surface area contributed by atoms with Crippen LogP contribution >= 0.6 is 27.5 Å². The fourth-order valence-corrected chi connectivity index (χ4v) is 2.98. The Bertz CT molecular complexity index is 1000. The number of amides is 1. The van der Waals surface area contributed by atoms with E-state index in [-0.39, 0.29) is 11.1 Å². The lowest BCUT2D eigenvalue weighted by Crippen LogP contribution is -2.16. The van der Waals surface area contributed by atoms with Crippen LogP contribution in [0, 0.1) is 0 Å². The highest BCUT2D eigenvalue weighted by molar-refractivity contribution is 9.10. The van der Waals surface area contributed by atoms with Gasteiger partial charge in [0.05, 0.1) is 17.7 Å². The average molecular weight is 408 g/mol. The Morgan fingerprint density at radius 3 is 2.71 bits per heavy atom. The maximum absolute atomic E-state index is 12.6. The molecule has 122 valence electrons. The molecule has 0 spiro atoms. The van der Waals surface area contributed by atoms with Crippen LogP contribution in [0.1, 0.15) is 10.4 Å². The van der Waals surface area contributed by atoms with E-state index in [1.807, 2.05) is 0 Å². The fourth-order valence-electron chi connectivity index (χ4n) is 2.36. The van der Waals surface area contributed by atoms with Crippen molar-refractivity contribution >= 4 is 50.0 Å². The van der Waals surface area contributed by atoms with Gasteiger partial charge in [-0.2, -0.15) is 0 Å². The molecule has 0 saturated carbocycles. The SMILES string of the molecule is COc1ccc(NC(=O)c2cc(=O)[nH]c3ccc(Br)cc23)cc1Cl. The zero-order valence-electron chi connectivity index (χ0n) is 12.5. The van der Waals surface area contributed by atoms with E-state index in [2.05, 4.69) is 26.2 Å². The minimum atomic E-state index is -0.398. The molecule has 0 radical (unpaired) electrons. The first-order valence-electron chi connectivity index (χ1n) is 6.95. The number of aromatic nitrogens is 1. The van der Waals surface area contributed by atoms with Crippen LogP contribution in [-0.2, 0) is 0 Å². The molecule has 1 aromatic heterocycles. The number of hydrogen-bond donors (Lipinski definition) is 2. The molecule has 2 aromatic carbocycles. The summed E-state index contributed by atoms with van der Waals surface area (Å²) in [5.41, 5.74) is 1.03. The molecule has 3 aromatic rings. The second-order valence-corrected chi connectivity index (χ2v) is 6.36. The molecule has 0 aliphatic rings. The van der Waals surface area contributed by atoms with Crippen molar-refractivity contribution in [2.75, 3.05) is 12.4 Å². The number of hydrogen-bond acceptors (Lipinski definition) is 3. The van der Waals surface area contributed by atoms with E-state index in [9.17, 15) is 9.59 Å². The molecule has 0 unspecified atom stereocenters. The number of ether oxygens (including phenoxy) is 1.